The third-order valence-electron chi connectivity index (χ3n) is 4.34. The van der Waals surface area contributed by atoms with Crippen LogP contribution in [0.2, 0.25) is 0 Å². The lowest BCUT2D eigenvalue weighted by Crippen LogP contribution is -2.43. The lowest BCUT2D eigenvalue weighted by Gasteiger charge is -2.34. The van der Waals surface area contributed by atoms with Crippen molar-refractivity contribution in [3.8, 4) is 5.75 Å². The number of amides is 1. The summed E-state index contributed by atoms with van der Waals surface area (Å²) in [5.41, 5.74) is 1.68. The number of pyridine rings is 1. The average Bonchev–Trinajstić information content (AvgIpc) is 2.69. The maximum Gasteiger partial charge on any atom is 0.251 e. The monoisotopic (exact) mass is 341 g/mol. The Bertz CT molecular complexity index is 687. The van der Waals surface area contributed by atoms with Crippen molar-refractivity contribution in [2.75, 3.05) is 40.0 Å². The Hall–Kier alpha value is -2.44. The normalized spacial score (nSPS) is 16.2. The van der Waals surface area contributed by atoms with Gasteiger partial charge in [-0.05, 0) is 29.8 Å². The molecule has 1 amide bonds. The number of carbonyl (C=O) groups excluding carboxylic acids is 1. The molecule has 25 heavy (non-hydrogen) atoms. The topological polar surface area (TPSA) is 63.7 Å². The molecular formula is C19H23N3O3. The Kier molecular flexibility index (Phi) is 5.98. The van der Waals surface area contributed by atoms with Gasteiger partial charge in [0.2, 0.25) is 0 Å². The minimum Gasteiger partial charge on any atom is -0.497 e. The zero-order chi connectivity index (χ0) is 17.5. The van der Waals surface area contributed by atoms with Crippen molar-refractivity contribution in [2.24, 2.45) is 0 Å². The fraction of sp³-hybridized carbons (Fsp3) is 0.368. The van der Waals surface area contributed by atoms with Crippen LogP contribution in [0.5, 0.6) is 5.75 Å². The second-order valence-corrected chi connectivity index (χ2v) is 5.89. The lowest BCUT2D eigenvalue weighted by molar-refractivity contribution is 0.0161. The number of carbonyl (C=O) groups is 1. The molecule has 0 saturated carbocycles. The maximum absolute atomic E-state index is 12.5. The van der Waals surface area contributed by atoms with Crippen LogP contribution in [0.25, 0.3) is 0 Å². The third-order valence-corrected chi connectivity index (χ3v) is 4.34. The molecule has 1 atom stereocenters. The van der Waals surface area contributed by atoms with Gasteiger partial charge < -0.3 is 14.8 Å². The van der Waals surface area contributed by atoms with E-state index in [9.17, 15) is 4.79 Å². The first-order valence-corrected chi connectivity index (χ1v) is 8.42. The molecule has 3 rings (SSSR count). The molecule has 1 aromatic heterocycles. The number of morpholine rings is 1. The largest absolute Gasteiger partial charge is 0.497 e. The molecule has 1 aromatic carbocycles. The number of hydrogen-bond acceptors (Lipinski definition) is 5. The quantitative estimate of drug-likeness (QED) is 0.869. The highest BCUT2D eigenvalue weighted by molar-refractivity contribution is 5.94. The van der Waals surface area contributed by atoms with Gasteiger partial charge in [-0.25, -0.2) is 0 Å². The summed E-state index contributed by atoms with van der Waals surface area (Å²) >= 11 is 0. The molecule has 0 unspecified atom stereocenters. The molecule has 1 aliphatic heterocycles. The zero-order valence-electron chi connectivity index (χ0n) is 14.4. The Labute approximate surface area is 147 Å². The number of nitrogens with zero attached hydrogens (tertiary/aromatic N) is 2. The van der Waals surface area contributed by atoms with Gasteiger partial charge >= 0.3 is 0 Å². The van der Waals surface area contributed by atoms with Gasteiger partial charge in [0, 0.05) is 37.6 Å². The summed E-state index contributed by atoms with van der Waals surface area (Å²) in [6, 6.07) is 11.2. The highest BCUT2D eigenvalue weighted by atomic mass is 16.5. The molecule has 2 heterocycles. The highest BCUT2D eigenvalue weighted by Crippen LogP contribution is 2.21. The van der Waals surface area contributed by atoms with Gasteiger partial charge in [0.25, 0.3) is 5.91 Å². The molecule has 1 fully saturated rings. The van der Waals surface area contributed by atoms with E-state index < -0.39 is 0 Å². The molecular weight excluding hydrogens is 318 g/mol. The first-order valence-electron chi connectivity index (χ1n) is 8.42. The number of benzene rings is 1. The van der Waals surface area contributed by atoms with Gasteiger partial charge in [-0.3, -0.25) is 14.7 Å². The summed E-state index contributed by atoms with van der Waals surface area (Å²) in [4.78, 5) is 19.1. The summed E-state index contributed by atoms with van der Waals surface area (Å²) in [7, 11) is 1.59. The molecule has 0 radical (unpaired) electrons. The smallest absolute Gasteiger partial charge is 0.251 e. The molecule has 0 bridgehead atoms. The van der Waals surface area contributed by atoms with Crippen LogP contribution < -0.4 is 10.1 Å². The van der Waals surface area contributed by atoms with Crippen molar-refractivity contribution in [3.05, 3.63) is 59.9 Å². The summed E-state index contributed by atoms with van der Waals surface area (Å²) in [5.74, 6) is 0.561. The lowest BCUT2D eigenvalue weighted by atomic mass is 10.1. The van der Waals surface area contributed by atoms with Crippen molar-refractivity contribution >= 4 is 5.91 Å². The molecule has 1 N–H and O–H groups in total. The Morgan fingerprint density at radius 3 is 2.88 bits per heavy atom. The van der Waals surface area contributed by atoms with Crippen molar-refractivity contribution < 1.29 is 14.3 Å². The summed E-state index contributed by atoms with van der Waals surface area (Å²) in [5, 5.41) is 3.04. The van der Waals surface area contributed by atoms with Crippen LogP contribution in [0.4, 0.5) is 0 Å². The van der Waals surface area contributed by atoms with Gasteiger partial charge in [-0.1, -0.05) is 12.1 Å². The SMILES string of the molecule is COc1cccc(C(=O)NC[C@@H](c2cccnc2)N2CCOCC2)c1. The van der Waals surface area contributed by atoms with Crippen LogP contribution in [0, 0.1) is 0 Å². The van der Waals surface area contributed by atoms with E-state index in [2.05, 4.69) is 15.2 Å². The number of hydrogen-bond donors (Lipinski definition) is 1. The predicted octanol–water partition coefficient (Wildman–Crippen LogP) is 1.89. The van der Waals surface area contributed by atoms with Crippen molar-refractivity contribution in [1.82, 2.24) is 15.2 Å². The second-order valence-electron chi connectivity index (χ2n) is 5.89. The number of aromatic nitrogens is 1. The second kappa shape index (κ2) is 8.60. The highest BCUT2D eigenvalue weighted by Gasteiger charge is 2.23. The van der Waals surface area contributed by atoms with E-state index in [4.69, 9.17) is 9.47 Å². The van der Waals surface area contributed by atoms with Gasteiger partial charge in [0.15, 0.2) is 0 Å². The molecule has 1 saturated heterocycles. The number of methoxy groups -OCH3 is 1. The van der Waals surface area contributed by atoms with E-state index >= 15 is 0 Å². The first kappa shape index (κ1) is 17.4. The number of rotatable bonds is 6. The molecule has 6 nitrogen and oxygen atoms in total. The van der Waals surface area contributed by atoms with Gasteiger partial charge in [-0.15, -0.1) is 0 Å². The van der Waals surface area contributed by atoms with Crippen molar-refractivity contribution in [3.63, 3.8) is 0 Å². The van der Waals surface area contributed by atoms with Crippen LogP contribution >= 0.6 is 0 Å². The summed E-state index contributed by atoms with van der Waals surface area (Å²) in [6.45, 7) is 3.62. The van der Waals surface area contributed by atoms with E-state index in [1.54, 1.807) is 25.4 Å². The van der Waals surface area contributed by atoms with Crippen LogP contribution in [-0.2, 0) is 4.74 Å². The average molecular weight is 341 g/mol. The Balaban J connectivity index is 1.70. The van der Waals surface area contributed by atoms with Gasteiger partial charge in [0.05, 0.1) is 26.4 Å². The first-order chi connectivity index (χ1) is 12.3. The van der Waals surface area contributed by atoms with Gasteiger partial charge in [-0.2, -0.15) is 0 Å². The molecule has 1 aliphatic rings. The summed E-state index contributed by atoms with van der Waals surface area (Å²) in [6.07, 6.45) is 3.62. The van der Waals surface area contributed by atoms with E-state index in [1.165, 1.54) is 0 Å². The van der Waals surface area contributed by atoms with Crippen molar-refractivity contribution in [2.45, 2.75) is 6.04 Å². The van der Waals surface area contributed by atoms with Crippen LogP contribution in [-0.4, -0.2) is 55.7 Å². The van der Waals surface area contributed by atoms with Crippen LogP contribution in [0.15, 0.2) is 48.8 Å². The maximum atomic E-state index is 12.5. The van der Waals surface area contributed by atoms with Crippen LogP contribution in [0.1, 0.15) is 22.0 Å². The minimum absolute atomic E-state index is 0.0761. The fourth-order valence-corrected chi connectivity index (χ4v) is 2.98. The molecule has 6 heteroatoms. The molecule has 132 valence electrons. The third kappa shape index (κ3) is 4.55. The Morgan fingerprint density at radius 1 is 1.32 bits per heavy atom. The Morgan fingerprint density at radius 2 is 2.16 bits per heavy atom. The van der Waals surface area contributed by atoms with Crippen LogP contribution in [0.3, 0.4) is 0 Å². The van der Waals surface area contributed by atoms with E-state index in [0.29, 0.717) is 31.1 Å². The number of nitrogens with one attached hydrogen (secondary N) is 1. The number of ether oxygens (including phenoxy) is 2. The summed E-state index contributed by atoms with van der Waals surface area (Å²) < 4.78 is 10.6. The molecule has 2 aromatic rings. The van der Waals surface area contributed by atoms with E-state index in [0.717, 1.165) is 18.7 Å². The molecule has 0 spiro atoms. The van der Waals surface area contributed by atoms with Crippen molar-refractivity contribution in [1.29, 1.82) is 0 Å². The standard InChI is InChI=1S/C19H23N3O3/c1-24-17-6-2-4-15(12-17)19(23)21-14-18(16-5-3-7-20-13-16)22-8-10-25-11-9-22/h2-7,12-13,18H,8-11,14H2,1H3,(H,21,23)/t18-/m0/s1. The van der Waals surface area contributed by atoms with E-state index in [-0.39, 0.29) is 11.9 Å². The fourth-order valence-electron chi connectivity index (χ4n) is 2.98. The zero-order valence-corrected chi connectivity index (χ0v) is 14.4. The van der Waals surface area contributed by atoms with E-state index in [1.807, 2.05) is 30.5 Å². The molecule has 0 aliphatic carbocycles. The van der Waals surface area contributed by atoms with Gasteiger partial charge in [0.1, 0.15) is 5.75 Å². The minimum atomic E-state index is -0.110. The predicted molar refractivity (Wildman–Crippen MR) is 94.7 cm³/mol.